The summed E-state index contributed by atoms with van der Waals surface area (Å²) in [6, 6.07) is 46.4. The van der Waals surface area contributed by atoms with E-state index in [9.17, 15) is 4.21 Å². The third-order valence-electron chi connectivity index (χ3n) is 8.12. The Morgan fingerprint density at radius 1 is 0.500 bits per heavy atom. The van der Waals surface area contributed by atoms with E-state index < -0.39 is 10.8 Å². The number of hydrogen-bond donors (Lipinski definition) is 2. The van der Waals surface area contributed by atoms with Gasteiger partial charge in [-0.25, -0.2) is 4.21 Å². The Balaban J connectivity index is 1.19. The van der Waals surface area contributed by atoms with E-state index in [0.29, 0.717) is 13.1 Å². The molecular weight excluding hydrogens is 532 g/mol. The molecule has 0 aliphatic carbocycles. The van der Waals surface area contributed by atoms with Crippen LogP contribution in [0.4, 0.5) is 0 Å². The van der Waals surface area contributed by atoms with Crippen LogP contribution < -0.4 is 10.6 Å². The maximum atomic E-state index is 14.1. The summed E-state index contributed by atoms with van der Waals surface area (Å²) in [6.07, 6.45) is 0. The molecule has 3 nitrogen and oxygen atoms in total. The molecule has 0 heterocycles. The zero-order valence-electron chi connectivity index (χ0n) is 24.1. The highest BCUT2D eigenvalue weighted by Crippen LogP contribution is 2.28. The fraction of sp³-hybridized carbons (Fsp3) is 0.158. The molecule has 2 atom stereocenters. The second kappa shape index (κ2) is 12.8. The molecule has 0 fully saturated rings. The molecule has 6 aromatic rings. The molecule has 0 unspecified atom stereocenters. The number of nitrogens with one attached hydrogen (secondary N) is 2. The van der Waals surface area contributed by atoms with Crippen LogP contribution in [0.15, 0.2) is 143 Å². The first-order valence-electron chi connectivity index (χ1n) is 14.6. The zero-order chi connectivity index (χ0) is 28.9. The van der Waals surface area contributed by atoms with Crippen molar-refractivity contribution in [3.63, 3.8) is 0 Å². The Morgan fingerprint density at radius 2 is 0.881 bits per heavy atom. The van der Waals surface area contributed by atoms with Crippen LogP contribution in [0.5, 0.6) is 0 Å². The summed E-state index contributed by atoms with van der Waals surface area (Å²) >= 11 is 0. The van der Waals surface area contributed by atoms with Crippen LogP contribution >= 0.6 is 0 Å². The lowest BCUT2D eigenvalue weighted by atomic mass is 9.99. The van der Waals surface area contributed by atoms with Gasteiger partial charge < -0.3 is 10.6 Å². The minimum Gasteiger partial charge on any atom is -0.306 e. The van der Waals surface area contributed by atoms with Crippen LogP contribution in [0.2, 0.25) is 0 Å². The third-order valence-corrected chi connectivity index (χ3v) is 9.72. The molecule has 2 N–H and O–H groups in total. The van der Waals surface area contributed by atoms with E-state index in [1.807, 2.05) is 36.4 Å². The average Bonchev–Trinajstić information content (AvgIpc) is 3.05. The average molecular weight is 569 g/mol. The van der Waals surface area contributed by atoms with Crippen molar-refractivity contribution in [2.45, 2.75) is 48.8 Å². The van der Waals surface area contributed by atoms with Gasteiger partial charge in [-0.05, 0) is 69.8 Å². The second-order valence-corrected chi connectivity index (χ2v) is 12.2. The van der Waals surface area contributed by atoms with Crippen LogP contribution in [-0.4, -0.2) is 4.21 Å². The lowest BCUT2D eigenvalue weighted by molar-refractivity contribution is 0.571. The molecule has 0 spiro atoms. The van der Waals surface area contributed by atoms with Gasteiger partial charge in [0.25, 0.3) is 0 Å². The maximum absolute atomic E-state index is 14.1. The monoisotopic (exact) mass is 568 g/mol. The Labute approximate surface area is 251 Å². The van der Waals surface area contributed by atoms with Gasteiger partial charge in [0, 0.05) is 35.0 Å². The molecular formula is C38H36N2OS. The summed E-state index contributed by atoms with van der Waals surface area (Å²) in [7, 11) is -1.31. The summed E-state index contributed by atoms with van der Waals surface area (Å²) in [4.78, 5) is 1.70. The number of rotatable bonds is 10. The van der Waals surface area contributed by atoms with Gasteiger partial charge >= 0.3 is 0 Å². The molecule has 6 aromatic carbocycles. The van der Waals surface area contributed by atoms with Crippen molar-refractivity contribution in [2.24, 2.45) is 0 Å². The molecule has 0 radical (unpaired) electrons. The van der Waals surface area contributed by atoms with Crippen LogP contribution in [-0.2, 0) is 23.9 Å². The van der Waals surface area contributed by atoms with Gasteiger partial charge in [0.1, 0.15) is 0 Å². The van der Waals surface area contributed by atoms with Crippen molar-refractivity contribution >= 4 is 32.3 Å². The second-order valence-electron chi connectivity index (χ2n) is 10.8. The van der Waals surface area contributed by atoms with E-state index in [4.69, 9.17) is 0 Å². The molecule has 4 heteroatoms. The summed E-state index contributed by atoms with van der Waals surface area (Å²) in [5, 5.41) is 12.4. The van der Waals surface area contributed by atoms with E-state index in [0.717, 1.165) is 20.9 Å². The Kier molecular flexibility index (Phi) is 8.57. The van der Waals surface area contributed by atoms with Crippen LogP contribution in [0.3, 0.4) is 0 Å². The topological polar surface area (TPSA) is 41.1 Å². The van der Waals surface area contributed by atoms with Gasteiger partial charge in [0.05, 0.1) is 10.8 Å². The molecule has 6 rings (SSSR count). The lowest BCUT2D eigenvalue weighted by Crippen LogP contribution is -2.20. The van der Waals surface area contributed by atoms with E-state index >= 15 is 0 Å². The minimum absolute atomic E-state index is 0.143. The Bertz CT molecular complexity index is 1720. The lowest BCUT2D eigenvalue weighted by Gasteiger charge is -2.19. The molecule has 0 aliphatic rings. The highest BCUT2D eigenvalue weighted by atomic mass is 32.2. The fourth-order valence-corrected chi connectivity index (χ4v) is 7.18. The van der Waals surface area contributed by atoms with Crippen molar-refractivity contribution in [2.75, 3.05) is 0 Å². The van der Waals surface area contributed by atoms with E-state index in [-0.39, 0.29) is 12.1 Å². The van der Waals surface area contributed by atoms with Crippen LogP contribution in [0, 0.1) is 0 Å². The smallest absolute Gasteiger partial charge is 0.0856 e. The standard InChI is InChI=1S/C38H36N2OS/c1-27(33-21-11-17-29-13-3-7-19-35(29)33)39-25-31-15-5-9-23-37(31)42(41)38-24-10-6-16-32(38)26-40-28(2)34-22-12-18-30-14-4-8-20-36(30)34/h3-24,27-28,39-40H,25-26H2,1-2H3/t27-,28-/m0/s1. The summed E-state index contributed by atoms with van der Waals surface area (Å²) in [5.41, 5.74) is 4.64. The van der Waals surface area contributed by atoms with Gasteiger partial charge in [-0.15, -0.1) is 0 Å². The SMILES string of the molecule is C[C@H](NCc1ccccc1S(=O)c1ccccc1CN[C@@H](C)c1cccc2ccccc12)c1cccc2ccccc12. The van der Waals surface area contributed by atoms with E-state index in [2.05, 4.69) is 122 Å². The van der Waals surface area contributed by atoms with Gasteiger partial charge in [-0.1, -0.05) is 121 Å². The fourth-order valence-electron chi connectivity index (χ4n) is 5.78. The predicted molar refractivity (Wildman–Crippen MR) is 176 cm³/mol. The van der Waals surface area contributed by atoms with Crippen molar-refractivity contribution < 1.29 is 4.21 Å². The van der Waals surface area contributed by atoms with Gasteiger partial charge in [0.15, 0.2) is 0 Å². The first-order chi connectivity index (χ1) is 20.6. The zero-order valence-corrected chi connectivity index (χ0v) is 24.9. The van der Waals surface area contributed by atoms with Crippen LogP contribution in [0.25, 0.3) is 21.5 Å². The summed E-state index contributed by atoms with van der Waals surface area (Å²) < 4.78 is 14.1. The Hall–Kier alpha value is -4.09. The largest absolute Gasteiger partial charge is 0.306 e. The minimum atomic E-state index is -1.31. The van der Waals surface area contributed by atoms with E-state index in [1.54, 1.807) is 0 Å². The molecule has 0 saturated carbocycles. The summed E-state index contributed by atoms with van der Waals surface area (Å²) in [5.74, 6) is 0. The first-order valence-corrected chi connectivity index (χ1v) is 15.7. The highest BCUT2D eigenvalue weighted by Gasteiger charge is 2.17. The van der Waals surface area contributed by atoms with E-state index in [1.165, 1.54) is 32.7 Å². The number of benzene rings is 6. The summed E-state index contributed by atoms with van der Waals surface area (Å²) in [6.45, 7) is 5.65. The molecule has 0 bridgehead atoms. The Morgan fingerprint density at radius 3 is 1.36 bits per heavy atom. The van der Waals surface area contributed by atoms with Crippen molar-refractivity contribution in [1.82, 2.24) is 10.6 Å². The first kappa shape index (κ1) is 28.0. The molecule has 210 valence electrons. The molecule has 42 heavy (non-hydrogen) atoms. The number of hydrogen-bond acceptors (Lipinski definition) is 3. The van der Waals surface area contributed by atoms with Gasteiger partial charge in [0.2, 0.25) is 0 Å². The van der Waals surface area contributed by atoms with Crippen molar-refractivity contribution in [3.8, 4) is 0 Å². The van der Waals surface area contributed by atoms with Crippen molar-refractivity contribution in [1.29, 1.82) is 0 Å². The molecule has 0 aliphatic heterocycles. The predicted octanol–water partition coefficient (Wildman–Crippen LogP) is 8.86. The quantitative estimate of drug-likeness (QED) is 0.173. The molecule has 0 saturated heterocycles. The van der Waals surface area contributed by atoms with Gasteiger partial charge in [-0.2, -0.15) is 0 Å². The normalized spacial score (nSPS) is 13.0. The molecule has 0 amide bonds. The maximum Gasteiger partial charge on any atom is 0.0856 e. The van der Waals surface area contributed by atoms with Gasteiger partial charge in [-0.3, -0.25) is 0 Å². The molecule has 0 aromatic heterocycles. The number of fused-ring (bicyclic) bond motifs is 2. The van der Waals surface area contributed by atoms with Crippen LogP contribution in [0.1, 0.15) is 48.2 Å². The third kappa shape index (κ3) is 5.93. The highest BCUT2D eigenvalue weighted by molar-refractivity contribution is 7.85. The van der Waals surface area contributed by atoms with Crippen molar-refractivity contribution in [3.05, 3.63) is 156 Å².